The van der Waals surface area contributed by atoms with E-state index in [2.05, 4.69) is 5.32 Å². The summed E-state index contributed by atoms with van der Waals surface area (Å²) in [7, 11) is 4.43. The third kappa shape index (κ3) is 4.62. The standard InChI is InChI=1S/C21H23NO6/c1-12-8-14(26-3)9-13(2)15(12)6-7-20(23)22-17-11-19(28-5)18(27-4)10-16(17)21(24)25/h6-11H,1-5H3,(H,22,23)(H,24,25)/b7-6+. The molecule has 148 valence electrons. The number of aromatic carboxylic acids is 1. The molecule has 0 saturated heterocycles. The molecule has 0 heterocycles. The topological polar surface area (TPSA) is 94.1 Å². The minimum absolute atomic E-state index is 0.101. The Morgan fingerprint density at radius 2 is 1.50 bits per heavy atom. The van der Waals surface area contributed by atoms with Crippen LogP contribution in [0.2, 0.25) is 0 Å². The molecule has 0 aromatic heterocycles. The van der Waals surface area contributed by atoms with E-state index in [4.69, 9.17) is 14.2 Å². The second-order valence-electron chi connectivity index (χ2n) is 6.06. The largest absolute Gasteiger partial charge is 0.497 e. The molecule has 0 saturated carbocycles. The maximum absolute atomic E-state index is 12.4. The first kappa shape index (κ1) is 20.8. The highest BCUT2D eigenvalue weighted by Crippen LogP contribution is 2.33. The van der Waals surface area contributed by atoms with Crippen LogP contribution in [0.4, 0.5) is 5.69 Å². The zero-order valence-corrected chi connectivity index (χ0v) is 16.5. The number of nitrogens with one attached hydrogen (secondary N) is 1. The number of carbonyl (C=O) groups excluding carboxylic acids is 1. The Balaban J connectivity index is 2.30. The number of carbonyl (C=O) groups is 2. The first-order valence-electron chi connectivity index (χ1n) is 8.44. The summed E-state index contributed by atoms with van der Waals surface area (Å²) < 4.78 is 15.5. The first-order chi connectivity index (χ1) is 13.3. The van der Waals surface area contributed by atoms with Crippen molar-refractivity contribution in [1.29, 1.82) is 0 Å². The van der Waals surface area contributed by atoms with Crippen LogP contribution >= 0.6 is 0 Å². The number of hydrogen-bond donors (Lipinski definition) is 2. The number of amides is 1. The third-order valence-electron chi connectivity index (χ3n) is 4.22. The summed E-state index contributed by atoms with van der Waals surface area (Å²) in [6, 6.07) is 6.47. The molecule has 0 atom stereocenters. The number of carboxylic acid groups (broad SMARTS) is 1. The Bertz CT molecular complexity index is 910. The second-order valence-corrected chi connectivity index (χ2v) is 6.06. The van der Waals surface area contributed by atoms with Crippen molar-refractivity contribution in [3.05, 3.63) is 52.6 Å². The lowest BCUT2D eigenvalue weighted by Crippen LogP contribution is -2.12. The van der Waals surface area contributed by atoms with Crippen LogP contribution in [0, 0.1) is 13.8 Å². The fourth-order valence-corrected chi connectivity index (χ4v) is 2.81. The van der Waals surface area contributed by atoms with Crippen LogP contribution in [0.25, 0.3) is 6.08 Å². The third-order valence-corrected chi connectivity index (χ3v) is 4.22. The van der Waals surface area contributed by atoms with E-state index in [-0.39, 0.29) is 17.0 Å². The van der Waals surface area contributed by atoms with Crippen molar-refractivity contribution in [2.75, 3.05) is 26.6 Å². The lowest BCUT2D eigenvalue weighted by Gasteiger charge is -2.13. The smallest absolute Gasteiger partial charge is 0.337 e. The predicted molar refractivity (Wildman–Crippen MR) is 107 cm³/mol. The van der Waals surface area contributed by atoms with E-state index in [1.165, 1.54) is 32.4 Å². The van der Waals surface area contributed by atoms with E-state index >= 15 is 0 Å². The molecule has 0 fully saturated rings. The van der Waals surface area contributed by atoms with Gasteiger partial charge in [-0.1, -0.05) is 0 Å². The Labute approximate surface area is 163 Å². The van der Waals surface area contributed by atoms with Gasteiger partial charge in [-0.25, -0.2) is 4.79 Å². The van der Waals surface area contributed by atoms with Crippen molar-refractivity contribution in [2.45, 2.75) is 13.8 Å². The number of benzene rings is 2. The molecule has 2 aromatic carbocycles. The van der Waals surface area contributed by atoms with Crippen LogP contribution < -0.4 is 19.5 Å². The van der Waals surface area contributed by atoms with Crippen LogP contribution in [0.5, 0.6) is 17.2 Å². The summed E-state index contributed by atoms with van der Waals surface area (Å²) in [6.07, 6.45) is 3.03. The molecular formula is C21H23NO6. The Morgan fingerprint density at radius 3 is 2.00 bits per heavy atom. The minimum atomic E-state index is -1.19. The van der Waals surface area contributed by atoms with Gasteiger partial charge in [-0.15, -0.1) is 0 Å². The molecule has 2 aromatic rings. The van der Waals surface area contributed by atoms with Crippen molar-refractivity contribution < 1.29 is 28.9 Å². The molecule has 1 amide bonds. The number of ether oxygens (including phenoxy) is 3. The van der Waals surface area contributed by atoms with Crippen molar-refractivity contribution >= 4 is 23.6 Å². The molecule has 0 radical (unpaired) electrons. The fraction of sp³-hybridized carbons (Fsp3) is 0.238. The zero-order chi connectivity index (χ0) is 20.8. The summed E-state index contributed by atoms with van der Waals surface area (Å²) in [6.45, 7) is 3.84. The Morgan fingerprint density at radius 1 is 0.929 bits per heavy atom. The maximum atomic E-state index is 12.4. The van der Waals surface area contributed by atoms with Gasteiger partial charge in [0, 0.05) is 18.2 Å². The minimum Gasteiger partial charge on any atom is -0.497 e. The van der Waals surface area contributed by atoms with Gasteiger partial charge in [0.05, 0.1) is 32.6 Å². The number of hydrogen-bond acceptors (Lipinski definition) is 5. The number of carboxylic acids is 1. The van der Waals surface area contributed by atoms with E-state index < -0.39 is 11.9 Å². The van der Waals surface area contributed by atoms with Crippen LogP contribution in [0.1, 0.15) is 27.0 Å². The van der Waals surface area contributed by atoms with E-state index in [0.29, 0.717) is 5.75 Å². The SMILES string of the molecule is COc1cc(C)c(/C=C/C(=O)Nc2cc(OC)c(OC)cc2C(=O)O)c(C)c1. The highest BCUT2D eigenvalue weighted by atomic mass is 16.5. The molecule has 0 bridgehead atoms. The lowest BCUT2D eigenvalue weighted by atomic mass is 10.0. The van der Waals surface area contributed by atoms with Crippen molar-refractivity contribution in [3.63, 3.8) is 0 Å². The quantitative estimate of drug-likeness (QED) is 0.706. The van der Waals surface area contributed by atoms with Crippen molar-refractivity contribution in [2.24, 2.45) is 0 Å². The van der Waals surface area contributed by atoms with E-state index in [9.17, 15) is 14.7 Å². The molecular weight excluding hydrogens is 362 g/mol. The summed E-state index contributed by atoms with van der Waals surface area (Å²) in [5.41, 5.74) is 2.82. The van der Waals surface area contributed by atoms with Gasteiger partial charge < -0.3 is 24.6 Å². The monoisotopic (exact) mass is 385 g/mol. The summed E-state index contributed by atoms with van der Waals surface area (Å²) in [5.74, 6) is -0.342. The first-order valence-corrected chi connectivity index (χ1v) is 8.44. The number of aryl methyl sites for hydroxylation is 2. The van der Waals surface area contributed by atoms with Gasteiger partial charge in [-0.2, -0.15) is 0 Å². The van der Waals surface area contributed by atoms with Gasteiger partial charge in [0.25, 0.3) is 0 Å². The Kier molecular flexibility index (Phi) is 6.65. The van der Waals surface area contributed by atoms with Gasteiger partial charge in [0.1, 0.15) is 5.75 Å². The molecule has 0 aliphatic rings. The molecule has 2 rings (SSSR count). The molecule has 0 unspecified atom stereocenters. The van der Waals surface area contributed by atoms with Gasteiger partial charge in [0.2, 0.25) is 5.91 Å². The molecule has 0 aliphatic heterocycles. The van der Waals surface area contributed by atoms with Crippen molar-refractivity contribution in [1.82, 2.24) is 0 Å². The van der Waals surface area contributed by atoms with Gasteiger partial charge in [0.15, 0.2) is 11.5 Å². The van der Waals surface area contributed by atoms with Crippen molar-refractivity contribution in [3.8, 4) is 17.2 Å². The highest BCUT2D eigenvalue weighted by Gasteiger charge is 2.17. The Hall–Kier alpha value is -3.48. The average molecular weight is 385 g/mol. The number of anilines is 1. The molecule has 0 spiro atoms. The molecule has 7 nitrogen and oxygen atoms in total. The zero-order valence-electron chi connectivity index (χ0n) is 16.5. The fourth-order valence-electron chi connectivity index (χ4n) is 2.81. The van der Waals surface area contributed by atoms with Crippen LogP contribution in [-0.4, -0.2) is 38.3 Å². The lowest BCUT2D eigenvalue weighted by molar-refractivity contribution is -0.111. The summed E-state index contributed by atoms with van der Waals surface area (Å²) >= 11 is 0. The number of rotatable bonds is 7. The van der Waals surface area contributed by atoms with E-state index in [1.807, 2.05) is 26.0 Å². The van der Waals surface area contributed by atoms with Gasteiger partial charge >= 0.3 is 5.97 Å². The number of methoxy groups -OCH3 is 3. The summed E-state index contributed by atoms with van der Waals surface area (Å²) in [4.78, 5) is 23.9. The normalized spacial score (nSPS) is 10.6. The second kappa shape index (κ2) is 8.94. The van der Waals surface area contributed by atoms with Gasteiger partial charge in [-0.05, 0) is 48.7 Å². The van der Waals surface area contributed by atoms with Crippen LogP contribution in [-0.2, 0) is 4.79 Å². The molecule has 28 heavy (non-hydrogen) atoms. The highest BCUT2D eigenvalue weighted by molar-refractivity contribution is 6.06. The molecule has 2 N–H and O–H groups in total. The van der Waals surface area contributed by atoms with E-state index in [1.54, 1.807) is 13.2 Å². The van der Waals surface area contributed by atoms with Crippen LogP contribution in [0.15, 0.2) is 30.3 Å². The predicted octanol–water partition coefficient (Wildman–Crippen LogP) is 3.68. The molecule has 0 aliphatic carbocycles. The maximum Gasteiger partial charge on any atom is 0.337 e. The van der Waals surface area contributed by atoms with Gasteiger partial charge in [-0.3, -0.25) is 4.79 Å². The van der Waals surface area contributed by atoms with Crippen LogP contribution in [0.3, 0.4) is 0 Å². The molecule has 7 heteroatoms. The van der Waals surface area contributed by atoms with E-state index in [0.717, 1.165) is 22.4 Å². The summed E-state index contributed by atoms with van der Waals surface area (Å²) in [5, 5.41) is 12.0. The average Bonchev–Trinajstić information content (AvgIpc) is 2.66.